The van der Waals surface area contributed by atoms with Gasteiger partial charge in [-0.3, -0.25) is 9.59 Å². The number of hydroxylamine groups is 2. The summed E-state index contributed by atoms with van der Waals surface area (Å²) in [6.07, 6.45) is 2.99. The third-order valence-electron chi connectivity index (χ3n) is 3.36. The first-order chi connectivity index (χ1) is 11.8. The highest BCUT2D eigenvalue weighted by molar-refractivity contribution is 7.92. The molecule has 0 spiro atoms. The maximum absolute atomic E-state index is 12.2. The molecule has 0 saturated heterocycles. The zero-order valence-electron chi connectivity index (χ0n) is 13.5. The van der Waals surface area contributed by atoms with E-state index < -0.39 is 27.5 Å². The van der Waals surface area contributed by atoms with Crippen molar-refractivity contribution in [3.05, 3.63) is 65.2 Å². The first-order valence-electron chi connectivity index (χ1n) is 7.23. The molecule has 0 saturated carbocycles. The van der Waals surface area contributed by atoms with Crippen LogP contribution in [0, 0.1) is 0 Å². The molecule has 7 nitrogen and oxygen atoms in total. The number of hydrogen-bond donors (Lipinski definition) is 0. The van der Waals surface area contributed by atoms with Crippen LogP contribution < -0.4 is 0 Å². The molecule has 1 aliphatic heterocycles. The summed E-state index contributed by atoms with van der Waals surface area (Å²) in [7, 11) is -2.31. The molecule has 3 rings (SSSR count). The molecule has 1 aliphatic rings. The zero-order chi connectivity index (χ0) is 18.2. The van der Waals surface area contributed by atoms with Gasteiger partial charge in [0.15, 0.2) is 0 Å². The number of imide groups is 1. The number of carbonyl (C=O) groups excluding carboxylic acids is 3. The molecule has 0 bridgehead atoms. The van der Waals surface area contributed by atoms with Crippen molar-refractivity contribution in [3.63, 3.8) is 0 Å². The largest absolute Gasteiger partial charge is 0.363 e. The van der Waals surface area contributed by atoms with Crippen molar-refractivity contribution in [3.8, 4) is 0 Å². The van der Waals surface area contributed by atoms with E-state index in [4.69, 9.17) is 4.84 Å². The topological polar surface area (TPSA) is 93.1 Å². The third kappa shape index (κ3) is 3.43. The van der Waals surface area contributed by atoms with E-state index in [1.165, 1.54) is 48.9 Å². The lowest BCUT2D eigenvalue weighted by Gasteiger charge is -2.12. The number of amides is 2. The SMILES string of the molecule is CS(C)(=O)=Nc1ccc(C(=O)ON2C(=O)c3ccccc3C2=O)cc1. The van der Waals surface area contributed by atoms with Gasteiger partial charge in [-0.25, -0.2) is 9.00 Å². The Morgan fingerprint density at radius 2 is 1.48 bits per heavy atom. The smallest absolute Gasteiger partial charge is 0.324 e. The number of rotatable bonds is 3. The molecule has 2 aromatic rings. The Morgan fingerprint density at radius 1 is 0.960 bits per heavy atom. The van der Waals surface area contributed by atoms with E-state index in [1.807, 2.05) is 0 Å². The summed E-state index contributed by atoms with van der Waals surface area (Å²) in [4.78, 5) is 41.5. The fraction of sp³-hybridized carbons (Fsp3) is 0.118. The standard InChI is InChI=1S/C17H14N2O5S/c1-25(2,23)18-12-9-7-11(8-10-12)17(22)24-19-15(20)13-5-3-4-6-14(13)16(19)21/h3-10H,1-2H3. The summed E-state index contributed by atoms with van der Waals surface area (Å²) in [6, 6.07) is 12.1. The van der Waals surface area contributed by atoms with Crippen LogP contribution in [0.2, 0.25) is 0 Å². The number of nitrogens with zero attached hydrogens (tertiary/aromatic N) is 2. The summed E-state index contributed by atoms with van der Waals surface area (Å²) in [5.74, 6) is -2.22. The van der Waals surface area contributed by atoms with E-state index >= 15 is 0 Å². The van der Waals surface area contributed by atoms with Gasteiger partial charge in [-0.15, -0.1) is 0 Å². The fourth-order valence-electron chi connectivity index (χ4n) is 2.30. The Kier molecular flexibility index (Phi) is 4.13. The monoisotopic (exact) mass is 358 g/mol. The summed E-state index contributed by atoms with van der Waals surface area (Å²) in [5, 5.41) is 0.455. The maximum Gasteiger partial charge on any atom is 0.363 e. The van der Waals surface area contributed by atoms with Crippen molar-refractivity contribution in [2.45, 2.75) is 0 Å². The predicted molar refractivity (Wildman–Crippen MR) is 90.9 cm³/mol. The number of fused-ring (bicyclic) bond motifs is 1. The quantitative estimate of drug-likeness (QED) is 0.786. The fourth-order valence-corrected chi connectivity index (χ4v) is 2.93. The molecule has 128 valence electrons. The minimum atomic E-state index is -2.31. The minimum absolute atomic E-state index is 0.134. The van der Waals surface area contributed by atoms with Crippen LogP contribution in [0.1, 0.15) is 31.1 Å². The minimum Gasteiger partial charge on any atom is -0.324 e. The lowest BCUT2D eigenvalue weighted by Crippen LogP contribution is -2.32. The van der Waals surface area contributed by atoms with Crippen molar-refractivity contribution in [2.75, 3.05) is 12.5 Å². The van der Waals surface area contributed by atoms with Crippen molar-refractivity contribution < 1.29 is 23.4 Å². The average Bonchev–Trinajstić information content (AvgIpc) is 2.79. The molecule has 8 heteroatoms. The summed E-state index contributed by atoms with van der Waals surface area (Å²) >= 11 is 0. The van der Waals surface area contributed by atoms with Gasteiger partial charge in [0, 0.05) is 22.2 Å². The normalized spacial score (nSPS) is 13.6. The average molecular weight is 358 g/mol. The predicted octanol–water partition coefficient (Wildman–Crippen LogP) is 2.41. The number of hydrogen-bond acceptors (Lipinski definition) is 6. The van der Waals surface area contributed by atoms with E-state index in [-0.39, 0.29) is 16.7 Å². The summed E-state index contributed by atoms with van der Waals surface area (Å²) in [5.41, 5.74) is 0.965. The molecular weight excluding hydrogens is 344 g/mol. The Balaban J connectivity index is 1.79. The molecular formula is C17H14N2O5S. The van der Waals surface area contributed by atoms with Gasteiger partial charge in [-0.2, -0.15) is 4.36 Å². The summed E-state index contributed by atoms with van der Waals surface area (Å²) in [6.45, 7) is 0. The van der Waals surface area contributed by atoms with Crippen LogP contribution in [-0.2, 0) is 14.6 Å². The molecule has 0 aliphatic carbocycles. The van der Waals surface area contributed by atoms with Crippen molar-refractivity contribution in [2.24, 2.45) is 4.36 Å². The Hall–Kier alpha value is -3.00. The highest BCUT2D eigenvalue weighted by atomic mass is 32.2. The van der Waals surface area contributed by atoms with Gasteiger partial charge >= 0.3 is 5.97 Å². The lowest BCUT2D eigenvalue weighted by molar-refractivity contribution is -0.0584. The molecule has 0 fully saturated rings. The van der Waals surface area contributed by atoms with Gasteiger partial charge < -0.3 is 4.84 Å². The van der Waals surface area contributed by atoms with E-state index in [0.717, 1.165) is 0 Å². The van der Waals surface area contributed by atoms with Crippen LogP contribution in [0.3, 0.4) is 0 Å². The molecule has 0 atom stereocenters. The molecule has 2 aromatic carbocycles. The molecule has 2 amide bonds. The molecule has 0 unspecified atom stereocenters. The summed E-state index contributed by atoms with van der Waals surface area (Å²) < 4.78 is 15.6. The van der Waals surface area contributed by atoms with E-state index in [0.29, 0.717) is 10.8 Å². The van der Waals surface area contributed by atoms with Crippen LogP contribution in [0.4, 0.5) is 5.69 Å². The first-order valence-corrected chi connectivity index (χ1v) is 9.57. The molecule has 0 N–H and O–H groups in total. The van der Waals surface area contributed by atoms with Crippen LogP contribution in [0.15, 0.2) is 52.9 Å². The van der Waals surface area contributed by atoms with Crippen molar-refractivity contribution in [1.29, 1.82) is 0 Å². The molecule has 25 heavy (non-hydrogen) atoms. The highest BCUT2D eigenvalue weighted by Gasteiger charge is 2.38. The van der Waals surface area contributed by atoms with Gasteiger partial charge in [-0.05, 0) is 36.4 Å². The van der Waals surface area contributed by atoms with Gasteiger partial charge in [0.25, 0.3) is 11.8 Å². The molecule has 1 heterocycles. The van der Waals surface area contributed by atoms with E-state index in [9.17, 15) is 18.6 Å². The van der Waals surface area contributed by atoms with E-state index in [2.05, 4.69) is 4.36 Å². The second-order valence-corrected chi connectivity index (χ2v) is 8.19. The second kappa shape index (κ2) is 6.14. The number of carbonyl (C=O) groups is 3. The Morgan fingerprint density at radius 3 is 1.96 bits per heavy atom. The van der Waals surface area contributed by atoms with Gasteiger partial charge in [0.1, 0.15) is 0 Å². The van der Waals surface area contributed by atoms with Crippen molar-refractivity contribution in [1.82, 2.24) is 5.06 Å². The Labute approximate surface area is 144 Å². The Bertz CT molecular complexity index is 961. The first kappa shape index (κ1) is 16.8. The van der Waals surface area contributed by atoms with Crippen LogP contribution in [0.5, 0.6) is 0 Å². The third-order valence-corrected chi connectivity index (χ3v) is 4.01. The number of benzene rings is 2. The van der Waals surface area contributed by atoms with Gasteiger partial charge in [-0.1, -0.05) is 17.2 Å². The van der Waals surface area contributed by atoms with Crippen LogP contribution >= 0.6 is 0 Å². The lowest BCUT2D eigenvalue weighted by atomic mass is 10.1. The van der Waals surface area contributed by atoms with Crippen LogP contribution in [-0.4, -0.2) is 39.6 Å². The van der Waals surface area contributed by atoms with Gasteiger partial charge in [0.05, 0.1) is 22.4 Å². The van der Waals surface area contributed by atoms with Crippen LogP contribution in [0.25, 0.3) is 0 Å². The second-order valence-electron chi connectivity index (χ2n) is 5.65. The van der Waals surface area contributed by atoms with E-state index in [1.54, 1.807) is 12.1 Å². The van der Waals surface area contributed by atoms with Crippen molar-refractivity contribution >= 4 is 33.2 Å². The molecule has 0 radical (unpaired) electrons. The maximum atomic E-state index is 12.2. The zero-order valence-corrected chi connectivity index (χ0v) is 14.3. The molecule has 0 aromatic heterocycles. The van der Waals surface area contributed by atoms with Gasteiger partial charge in [0.2, 0.25) is 0 Å². The highest BCUT2D eigenvalue weighted by Crippen LogP contribution is 2.23.